The van der Waals surface area contributed by atoms with Gasteiger partial charge in [0.1, 0.15) is 5.82 Å². The minimum absolute atomic E-state index is 0.167. The Morgan fingerprint density at radius 1 is 1.03 bits per heavy atom. The summed E-state index contributed by atoms with van der Waals surface area (Å²) in [5, 5.41) is 10.3. The summed E-state index contributed by atoms with van der Waals surface area (Å²) >= 11 is 7.55. The summed E-state index contributed by atoms with van der Waals surface area (Å²) in [5.74, 6) is 1.36. The number of hydrogen-bond acceptors (Lipinski definition) is 4. The highest BCUT2D eigenvalue weighted by Crippen LogP contribution is 2.27. The second kappa shape index (κ2) is 9.88. The number of thioether (sulfide) groups is 1. The van der Waals surface area contributed by atoms with Crippen LogP contribution in [0.15, 0.2) is 59.8 Å². The summed E-state index contributed by atoms with van der Waals surface area (Å²) in [5.41, 5.74) is 2.10. The van der Waals surface area contributed by atoms with Crippen LogP contribution in [-0.4, -0.2) is 43.4 Å². The zero-order chi connectivity index (χ0) is 21.8. The minimum atomic E-state index is 0.167. The van der Waals surface area contributed by atoms with Gasteiger partial charge in [0.25, 0.3) is 0 Å². The van der Waals surface area contributed by atoms with E-state index in [1.54, 1.807) is 0 Å². The molecule has 2 atom stereocenters. The Hall–Kier alpha value is -2.31. The lowest BCUT2D eigenvalue weighted by Crippen LogP contribution is -2.48. The highest BCUT2D eigenvalue weighted by Gasteiger charge is 2.29. The molecule has 1 aliphatic rings. The van der Waals surface area contributed by atoms with Gasteiger partial charge in [-0.1, -0.05) is 53.7 Å². The maximum absolute atomic E-state index is 13.0. The molecule has 2 unspecified atom stereocenters. The van der Waals surface area contributed by atoms with Gasteiger partial charge in [-0.15, -0.1) is 10.2 Å². The lowest BCUT2D eigenvalue weighted by atomic mass is 9.98. The van der Waals surface area contributed by atoms with E-state index in [-0.39, 0.29) is 5.91 Å². The van der Waals surface area contributed by atoms with Crippen molar-refractivity contribution in [1.29, 1.82) is 0 Å². The number of hydrogen-bond donors (Lipinski definition) is 0. The third-order valence-electron chi connectivity index (χ3n) is 5.80. The quantitative estimate of drug-likeness (QED) is 0.468. The molecule has 3 aromatic rings. The minimum Gasteiger partial charge on any atom is -0.337 e. The Labute approximate surface area is 192 Å². The SMILES string of the molecule is CC1CCCC(C)N1C(=O)CSc1nnc(Cc2ccccc2)n1-c1ccc(Cl)cc1. The first kappa shape index (κ1) is 21.9. The molecule has 5 nitrogen and oxygen atoms in total. The van der Waals surface area contributed by atoms with Crippen molar-refractivity contribution in [3.8, 4) is 5.69 Å². The number of nitrogens with zero attached hydrogens (tertiary/aromatic N) is 4. The summed E-state index contributed by atoms with van der Waals surface area (Å²) in [7, 11) is 0. The monoisotopic (exact) mass is 454 g/mol. The molecule has 1 fully saturated rings. The molecule has 0 bridgehead atoms. The van der Waals surface area contributed by atoms with Gasteiger partial charge in [-0.3, -0.25) is 9.36 Å². The van der Waals surface area contributed by atoms with Crippen LogP contribution in [0, 0.1) is 0 Å². The maximum atomic E-state index is 13.0. The van der Waals surface area contributed by atoms with Crippen LogP contribution in [0.25, 0.3) is 5.69 Å². The van der Waals surface area contributed by atoms with E-state index >= 15 is 0 Å². The number of aromatic nitrogens is 3. The molecule has 2 aromatic carbocycles. The van der Waals surface area contributed by atoms with Gasteiger partial charge >= 0.3 is 0 Å². The average molecular weight is 455 g/mol. The van der Waals surface area contributed by atoms with Crippen molar-refractivity contribution in [1.82, 2.24) is 19.7 Å². The molecular formula is C24H27ClN4OS. The molecule has 1 amide bonds. The number of carbonyl (C=O) groups is 1. The van der Waals surface area contributed by atoms with Gasteiger partial charge in [-0.05, 0) is 62.9 Å². The van der Waals surface area contributed by atoms with E-state index < -0.39 is 0 Å². The second-order valence-corrected chi connectivity index (χ2v) is 9.47. The summed E-state index contributed by atoms with van der Waals surface area (Å²) < 4.78 is 2.03. The van der Waals surface area contributed by atoms with E-state index in [0.29, 0.717) is 29.3 Å². The molecule has 0 saturated carbocycles. The maximum Gasteiger partial charge on any atom is 0.233 e. The van der Waals surface area contributed by atoms with Gasteiger partial charge in [0.05, 0.1) is 5.75 Å². The van der Waals surface area contributed by atoms with Crippen LogP contribution in [0.2, 0.25) is 5.02 Å². The predicted octanol–water partition coefficient (Wildman–Crippen LogP) is 5.39. The molecular weight excluding hydrogens is 428 g/mol. The zero-order valence-corrected chi connectivity index (χ0v) is 19.4. The fraction of sp³-hybridized carbons (Fsp3) is 0.375. The Balaban J connectivity index is 1.58. The molecule has 1 aliphatic heterocycles. The number of rotatable bonds is 6. The molecule has 2 heterocycles. The van der Waals surface area contributed by atoms with E-state index in [1.807, 2.05) is 51.9 Å². The zero-order valence-electron chi connectivity index (χ0n) is 17.9. The lowest BCUT2D eigenvalue weighted by molar-refractivity contribution is -0.134. The molecule has 31 heavy (non-hydrogen) atoms. The van der Waals surface area contributed by atoms with E-state index in [1.165, 1.54) is 18.2 Å². The van der Waals surface area contributed by atoms with E-state index in [0.717, 1.165) is 35.1 Å². The first-order valence-electron chi connectivity index (χ1n) is 10.7. The van der Waals surface area contributed by atoms with Crippen LogP contribution in [-0.2, 0) is 11.2 Å². The molecule has 0 radical (unpaired) electrons. The molecule has 0 aliphatic carbocycles. The Morgan fingerprint density at radius 3 is 2.39 bits per heavy atom. The number of piperidine rings is 1. The fourth-order valence-electron chi connectivity index (χ4n) is 4.25. The van der Waals surface area contributed by atoms with Crippen molar-refractivity contribution >= 4 is 29.3 Å². The predicted molar refractivity (Wildman–Crippen MR) is 126 cm³/mol. The molecule has 1 aromatic heterocycles. The van der Waals surface area contributed by atoms with Crippen LogP contribution in [0.3, 0.4) is 0 Å². The molecule has 0 spiro atoms. The summed E-state index contributed by atoms with van der Waals surface area (Å²) in [4.78, 5) is 15.1. The molecule has 7 heteroatoms. The molecule has 0 N–H and O–H groups in total. The van der Waals surface area contributed by atoms with Crippen molar-refractivity contribution in [3.63, 3.8) is 0 Å². The topological polar surface area (TPSA) is 51.0 Å². The van der Waals surface area contributed by atoms with Gasteiger partial charge in [-0.2, -0.15) is 0 Å². The molecule has 4 rings (SSSR count). The van der Waals surface area contributed by atoms with E-state index in [2.05, 4.69) is 36.2 Å². The van der Waals surface area contributed by atoms with Crippen LogP contribution in [0.4, 0.5) is 0 Å². The first-order chi connectivity index (χ1) is 15.0. The van der Waals surface area contributed by atoms with Gasteiger partial charge in [-0.25, -0.2) is 0 Å². The molecule has 162 valence electrons. The van der Waals surface area contributed by atoms with Gasteiger partial charge in [0.2, 0.25) is 5.91 Å². The van der Waals surface area contributed by atoms with Crippen LogP contribution < -0.4 is 0 Å². The van der Waals surface area contributed by atoms with Gasteiger partial charge in [0.15, 0.2) is 5.16 Å². The number of carbonyl (C=O) groups excluding carboxylic acids is 1. The smallest absolute Gasteiger partial charge is 0.233 e. The third kappa shape index (κ3) is 5.13. The molecule has 1 saturated heterocycles. The second-order valence-electron chi connectivity index (χ2n) is 8.09. The lowest BCUT2D eigenvalue weighted by Gasteiger charge is -2.39. The van der Waals surface area contributed by atoms with Crippen LogP contribution in [0.5, 0.6) is 0 Å². The average Bonchev–Trinajstić information content (AvgIpc) is 3.16. The number of benzene rings is 2. The van der Waals surface area contributed by atoms with Crippen molar-refractivity contribution in [2.75, 3.05) is 5.75 Å². The summed E-state index contributed by atoms with van der Waals surface area (Å²) in [6.45, 7) is 4.29. The number of likely N-dealkylation sites (tertiary alicyclic amines) is 1. The van der Waals surface area contributed by atoms with Gasteiger partial charge < -0.3 is 4.90 Å². The Bertz CT molecular complexity index is 1010. The third-order valence-corrected chi connectivity index (χ3v) is 6.96. The number of halogens is 1. The van der Waals surface area contributed by atoms with Crippen LogP contribution >= 0.6 is 23.4 Å². The first-order valence-corrected chi connectivity index (χ1v) is 12.1. The van der Waals surface area contributed by atoms with Crippen LogP contribution in [0.1, 0.15) is 44.5 Å². The summed E-state index contributed by atoms with van der Waals surface area (Å²) in [6, 6.07) is 18.4. The Kier molecular flexibility index (Phi) is 6.98. The fourth-order valence-corrected chi connectivity index (χ4v) is 5.22. The largest absolute Gasteiger partial charge is 0.337 e. The normalized spacial score (nSPS) is 18.9. The summed E-state index contributed by atoms with van der Waals surface area (Å²) in [6.07, 6.45) is 3.99. The number of amides is 1. The van der Waals surface area contributed by atoms with Crippen molar-refractivity contribution in [3.05, 3.63) is 71.0 Å². The van der Waals surface area contributed by atoms with Gasteiger partial charge in [0, 0.05) is 29.2 Å². The van der Waals surface area contributed by atoms with Crippen molar-refractivity contribution in [2.45, 2.75) is 56.8 Å². The Morgan fingerprint density at radius 2 is 1.71 bits per heavy atom. The van der Waals surface area contributed by atoms with E-state index in [4.69, 9.17) is 11.6 Å². The highest BCUT2D eigenvalue weighted by molar-refractivity contribution is 7.99. The van der Waals surface area contributed by atoms with Crippen molar-refractivity contribution < 1.29 is 4.79 Å². The highest BCUT2D eigenvalue weighted by atomic mass is 35.5. The van der Waals surface area contributed by atoms with E-state index in [9.17, 15) is 4.79 Å². The van der Waals surface area contributed by atoms with Crippen molar-refractivity contribution in [2.24, 2.45) is 0 Å². The standard InChI is InChI=1S/C24H27ClN4OS/c1-17-7-6-8-18(2)28(17)23(30)16-31-24-27-26-22(15-19-9-4-3-5-10-19)29(24)21-13-11-20(25)12-14-21/h3-5,9-14,17-18H,6-8,15-16H2,1-2H3.